The molecular weight excluding hydrogens is 184 g/mol. The van der Waals surface area contributed by atoms with Gasteiger partial charge >= 0.3 is 0 Å². The lowest BCUT2D eigenvalue weighted by atomic mass is 9.86. The molecule has 0 heterocycles. The fraction of sp³-hybridized carbons (Fsp3) is 0.923. The van der Waals surface area contributed by atoms with E-state index < -0.39 is 0 Å². The quantitative estimate of drug-likeness (QED) is 0.698. The van der Waals surface area contributed by atoms with E-state index in [0.29, 0.717) is 6.42 Å². The SMILES string of the molecule is CCC(C)(CC)NCC(C)(C)CCC#N. The average Bonchev–Trinajstić information content (AvgIpc) is 2.23. The van der Waals surface area contributed by atoms with Gasteiger partial charge in [-0.25, -0.2) is 0 Å². The number of rotatable bonds is 7. The third-order valence-electron chi connectivity index (χ3n) is 3.47. The maximum atomic E-state index is 8.58. The largest absolute Gasteiger partial charge is 0.311 e. The van der Waals surface area contributed by atoms with Crippen molar-refractivity contribution in [2.75, 3.05) is 6.54 Å². The van der Waals surface area contributed by atoms with E-state index >= 15 is 0 Å². The van der Waals surface area contributed by atoms with Crippen LogP contribution in [0.2, 0.25) is 0 Å². The number of nitrogens with zero attached hydrogens (tertiary/aromatic N) is 1. The minimum atomic E-state index is 0.224. The number of nitrogens with one attached hydrogen (secondary N) is 1. The van der Waals surface area contributed by atoms with E-state index in [2.05, 4.69) is 46.0 Å². The van der Waals surface area contributed by atoms with Gasteiger partial charge in [-0.15, -0.1) is 0 Å². The number of hydrogen-bond donors (Lipinski definition) is 1. The van der Waals surface area contributed by atoms with Crippen LogP contribution in [0.1, 0.15) is 60.3 Å². The van der Waals surface area contributed by atoms with Gasteiger partial charge in [0.15, 0.2) is 0 Å². The van der Waals surface area contributed by atoms with Crippen molar-refractivity contribution in [1.29, 1.82) is 5.26 Å². The van der Waals surface area contributed by atoms with Gasteiger partial charge in [-0.05, 0) is 31.6 Å². The Balaban J connectivity index is 4.07. The van der Waals surface area contributed by atoms with Crippen LogP contribution in [0, 0.1) is 16.7 Å². The van der Waals surface area contributed by atoms with Gasteiger partial charge in [-0.2, -0.15) is 5.26 Å². The van der Waals surface area contributed by atoms with Gasteiger partial charge in [0.2, 0.25) is 0 Å². The van der Waals surface area contributed by atoms with Crippen molar-refractivity contribution < 1.29 is 0 Å². The number of hydrogen-bond acceptors (Lipinski definition) is 2. The van der Waals surface area contributed by atoms with Crippen LogP contribution in [0.4, 0.5) is 0 Å². The topological polar surface area (TPSA) is 35.8 Å². The lowest BCUT2D eigenvalue weighted by molar-refractivity contribution is 0.244. The molecule has 88 valence electrons. The first kappa shape index (κ1) is 14.5. The van der Waals surface area contributed by atoms with E-state index in [1.54, 1.807) is 0 Å². The molecule has 0 aromatic carbocycles. The Kier molecular flexibility index (Phi) is 5.90. The first-order chi connectivity index (χ1) is 6.89. The van der Waals surface area contributed by atoms with Crippen molar-refractivity contribution in [3.63, 3.8) is 0 Å². The lowest BCUT2D eigenvalue weighted by Gasteiger charge is -2.34. The second-order valence-electron chi connectivity index (χ2n) is 5.44. The predicted molar refractivity (Wildman–Crippen MR) is 65.6 cm³/mol. The summed E-state index contributed by atoms with van der Waals surface area (Å²) in [5.74, 6) is 0. The average molecular weight is 210 g/mol. The highest BCUT2D eigenvalue weighted by Gasteiger charge is 2.24. The first-order valence-corrected chi connectivity index (χ1v) is 6.01. The standard InChI is InChI=1S/C13H26N2/c1-6-13(5,7-2)15-11-12(3,4)9-8-10-14/h15H,6-9,11H2,1-5H3. The van der Waals surface area contributed by atoms with Gasteiger partial charge in [-0.3, -0.25) is 0 Å². The molecule has 0 saturated heterocycles. The Morgan fingerprint density at radius 1 is 1.13 bits per heavy atom. The normalized spacial score (nSPS) is 12.5. The van der Waals surface area contributed by atoms with E-state index in [1.165, 1.54) is 0 Å². The first-order valence-electron chi connectivity index (χ1n) is 6.01. The molecule has 0 aromatic rings. The molecular formula is C13H26N2. The van der Waals surface area contributed by atoms with Gasteiger partial charge in [0.25, 0.3) is 0 Å². The molecule has 2 heteroatoms. The monoisotopic (exact) mass is 210 g/mol. The van der Waals surface area contributed by atoms with Gasteiger partial charge in [0, 0.05) is 18.5 Å². The molecule has 1 N–H and O–H groups in total. The molecule has 0 bridgehead atoms. The Hall–Kier alpha value is -0.550. The van der Waals surface area contributed by atoms with Crippen LogP contribution in [0.5, 0.6) is 0 Å². The zero-order chi connectivity index (χ0) is 11.9. The molecule has 2 nitrogen and oxygen atoms in total. The van der Waals surface area contributed by atoms with Crippen LogP contribution < -0.4 is 5.32 Å². The van der Waals surface area contributed by atoms with E-state index in [-0.39, 0.29) is 11.0 Å². The van der Waals surface area contributed by atoms with Crippen molar-refractivity contribution in [2.45, 2.75) is 65.8 Å². The molecule has 0 rings (SSSR count). The zero-order valence-electron chi connectivity index (χ0n) is 11.0. The van der Waals surface area contributed by atoms with Crippen LogP contribution in [-0.4, -0.2) is 12.1 Å². The summed E-state index contributed by atoms with van der Waals surface area (Å²) in [7, 11) is 0. The van der Waals surface area contributed by atoms with E-state index in [4.69, 9.17) is 5.26 Å². The summed E-state index contributed by atoms with van der Waals surface area (Å²) in [5.41, 5.74) is 0.477. The van der Waals surface area contributed by atoms with Gasteiger partial charge < -0.3 is 5.32 Å². The Bertz CT molecular complexity index is 209. The highest BCUT2D eigenvalue weighted by atomic mass is 15.0. The fourth-order valence-corrected chi connectivity index (χ4v) is 1.44. The fourth-order valence-electron chi connectivity index (χ4n) is 1.44. The molecule has 0 amide bonds. The molecule has 0 aliphatic rings. The van der Waals surface area contributed by atoms with Crippen LogP contribution in [0.15, 0.2) is 0 Å². The second-order valence-corrected chi connectivity index (χ2v) is 5.44. The minimum absolute atomic E-state index is 0.224. The maximum absolute atomic E-state index is 8.58. The van der Waals surface area contributed by atoms with Crippen molar-refractivity contribution >= 4 is 0 Å². The minimum Gasteiger partial charge on any atom is -0.311 e. The van der Waals surface area contributed by atoms with E-state index in [9.17, 15) is 0 Å². The van der Waals surface area contributed by atoms with E-state index in [1.807, 2.05) is 0 Å². The van der Waals surface area contributed by atoms with Crippen LogP contribution in [0.25, 0.3) is 0 Å². The summed E-state index contributed by atoms with van der Waals surface area (Å²) in [5, 5.41) is 12.2. The van der Waals surface area contributed by atoms with E-state index in [0.717, 1.165) is 25.8 Å². The molecule has 0 saturated carbocycles. The van der Waals surface area contributed by atoms with Gasteiger partial charge in [0.05, 0.1) is 6.07 Å². The highest BCUT2D eigenvalue weighted by molar-refractivity contribution is 4.85. The van der Waals surface area contributed by atoms with Crippen LogP contribution >= 0.6 is 0 Å². The molecule has 0 aliphatic heterocycles. The summed E-state index contributed by atoms with van der Waals surface area (Å²) >= 11 is 0. The van der Waals surface area contributed by atoms with Crippen LogP contribution in [-0.2, 0) is 0 Å². The lowest BCUT2D eigenvalue weighted by Crippen LogP contribution is -2.45. The molecule has 0 spiro atoms. The van der Waals surface area contributed by atoms with Crippen molar-refractivity contribution in [2.24, 2.45) is 5.41 Å². The summed E-state index contributed by atoms with van der Waals surface area (Å²) in [6.45, 7) is 12.2. The van der Waals surface area contributed by atoms with Gasteiger partial charge in [-0.1, -0.05) is 27.7 Å². The molecule has 0 radical (unpaired) electrons. The van der Waals surface area contributed by atoms with Crippen LogP contribution in [0.3, 0.4) is 0 Å². The molecule has 0 fully saturated rings. The maximum Gasteiger partial charge on any atom is 0.0621 e. The smallest absolute Gasteiger partial charge is 0.0621 e. The van der Waals surface area contributed by atoms with Crippen molar-refractivity contribution in [3.05, 3.63) is 0 Å². The Morgan fingerprint density at radius 3 is 2.07 bits per heavy atom. The predicted octanol–water partition coefficient (Wildman–Crippen LogP) is 3.48. The van der Waals surface area contributed by atoms with Gasteiger partial charge in [0.1, 0.15) is 0 Å². The Morgan fingerprint density at radius 2 is 1.67 bits per heavy atom. The molecule has 15 heavy (non-hydrogen) atoms. The summed E-state index contributed by atoms with van der Waals surface area (Å²) in [6, 6.07) is 2.22. The third-order valence-corrected chi connectivity index (χ3v) is 3.47. The summed E-state index contributed by atoms with van der Waals surface area (Å²) in [4.78, 5) is 0. The van der Waals surface area contributed by atoms with Crippen molar-refractivity contribution in [1.82, 2.24) is 5.32 Å². The molecule has 0 aliphatic carbocycles. The molecule has 0 unspecified atom stereocenters. The summed E-state index contributed by atoms with van der Waals surface area (Å²) < 4.78 is 0. The molecule has 0 aromatic heterocycles. The van der Waals surface area contributed by atoms with Crippen molar-refractivity contribution in [3.8, 4) is 6.07 Å². The number of nitriles is 1. The Labute approximate surface area is 95.1 Å². The summed E-state index contributed by atoms with van der Waals surface area (Å²) in [6.07, 6.45) is 3.93. The molecule has 0 atom stereocenters. The zero-order valence-corrected chi connectivity index (χ0v) is 11.0. The third kappa shape index (κ3) is 5.79. The highest BCUT2D eigenvalue weighted by Crippen LogP contribution is 2.23. The second kappa shape index (κ2) is 6.12.